The van der Waals surface area contributed by atoms with E-state index in [0.29, 0.717) is 0 Å². The third-order valence-corrected chi connectivity index (χ3v) is 3.70. The summed E-state index contributed by atoms with van der Waals surface area (Å²) in [6.07, 6.45) is 3.37. The third-order valence-electron chi connectivity index (χ3n) is 3.70. The molecule has 2 aromatic rings. The summed E-state index contributed by atoms with van der Waals surface area (Å²) in [6.45, 7) is 1.01. The summed E-state index contributed by atoms with van der Waals surface area (Å²) in [5.41, 5.74) is 3.09. The van der Waals surface area contributed by atoms with Crippen LogP contribution in [-0.4, -0.2) is 21.8 Å². The van der Waals surface area contributed by atoms with E-state index in [4.69, 9.17) is 4.74 Å². The van der Waals surface area contributed by atoms with Crippen LogP contribution in [0.3, 0.4) is 0 Å². The normalized spacial score (nSPS) is 14.2. The molecular formula is C15H18N2O2. The molecule has 100 valence electrons. The van der Waals surface area contributed by atoms with Gasteiger partial charge in [-0.05, 0) is 43.5 Å². The van der Waals surface area contributed by atoms with Gasteiger partial charge in [0.1, 0.15) is 11.6 Å². The van der Waals surface area contributed by atoms with E-state index in [1.54, 1.807) is 7.11 Å². The SMILES string of the molecule is COc1ccc(-c2nc(CO)c3n2CCCC3)cc1. The number of aliphatic hydroxyl groups is 1. The van der Waals surface area contributed by atoms with E-state index in [0.717, 1.165) is 35.8 Å². The van der Waals surface area contributed by atoms with E-state index in [-0.39, 0.29) is 6.61 Å². The zero-order chi connectivity index (χ0) is 13.2. The molecular weight excluding hydrogens is 240 g/mol. The number of hydrogen-bond acceptors (Lipinski definition) is 3. The van der Waals surface area contributed by atoms with Gasteiger partial charge in [-0.3, -0.25) is 0 Å². The molecule has 0 radical (unpaired) electrons. The molecule has 0 atom stereocenters. The van der Waals surface area contributed by atoms with Crippen molar-refractivity contribution < 1.29 is 9.84 Å². The highest BCUT2D eigenvalue weighted by molar-refractivity contribution is 5.58. The van der Waals surface area contributed by atoms with Crippen LogP contribution in [0.4, 0.5) is 0 Å². The van der Waals surface area contributed by atoms with Crippen molar-refractivity contribution >= 4 is 0 Å². The summed E-state index contributed by atoms with van der Waals surface area (Å²) in [5, 5.41) is 9.44. The van der Waals surface area contributed by atoms with Gasteiger partial charge in [-0.2, -0.15) is 0 Å². The van der Waals surface area contributed by atoms with Crippen molar-refractivity contribution in [1.82, 2.24) is 9.55 Å². The lowest BCUT2D eigenvalue weighted by Gasteiger charge is -2.17. The summed E-state index contributed by atoms with van der Waals surface area (Å²) in [7, 11) is 1.66. The van der Waals surface area contributed by atoms with Crippen LogP contribution in [0.25, 0.3) is 11.4 Å². The van der Waals surface area contributed by atoms with Gasteiger partial charge in [0.05, 0.1) is 19.4 Å². The molecule has 19 heavy (non-hydrogen) atoms. The molecule has 2 heterocycles. The number of aliphatic hydroxyl groups excluding tert-OH is 1. The highest BCUT2D eigenvalue weighted by atomic mass is 16.5. The number of fused-ring (bicyclic) bond motifs is 1. The number of hydrogen-bond donors (Lipinski definition) is 1. The predicted molar refractivity (Wildman–Crippen MR) is 73.1 cm³/mol. The van der Waals surface area contributed by atoms with Crippen molar-refractivity contribution in [2.24, 2.45) is 0 Å². The minimum Gasteiger partial charge on any atom is -0.497 e. The van der Waals surface area contributed by atoms with Crippen LogP contribution in [0, 0.1) is 0 Å². The molecule has 4 nitrogen and oxygen atoms in total. The fourth-order valence-electron chi connectivity index (χ4n) is 2.71. The van der Waals surface area contributed by atoms with Crippen molar-refractivity contribution in [2.45, 2.75) is 32.4 Å². The van der Waals surface area contributed by atoms with Crippen LogP contribution in [0.5, 0.6) is 5.75 Å². The summed E-state index contributed by atoms with van der Waals surface area (Å²) in [5.74, 6) is 1.80. The Hall–Kier alpha value is -1.81. The minimum absolute atomic E-state index is 0.0193. The van der Waals surface area contributed by atoms with Crippen molar-refractivity contribution in [3.05, 3.63) is 35.7 Å². The molecule has 1 aromatic carbocycles. The summed E-state index contributed by atoms with van der Waals surface area (Å²) in [4.78, 5) is 4.61. The molecule has 0 amide bonds. The Labute approximate surface area is 112 Å². The summed E-state index contributed by atoms with van der Waals surface area (Å²) < 4.78 is 7.42. The topological polar surface area (TPSA) is 47.3 Å². The second-order valence-electron chi connectivity index (χ2n) is 4.82. The van der Waals surface area contributed by atoms with Gasteiger partial charge in [0, 0.05) is 17.8 Å². The van der Waals surface area contributed by atoms with Crippen LogP contribution in [0.15, 0.2) is 24.3 Å². The molecule has 0 unspecified atom stereocenters. The fraction of sp³-hybridized carbons (Fsp3) is 0.400. The molecule has 0 saturated heterocycles. The maximum atomic E-state index is 9.44. The number of nitrogens with zero attached hydrogens (tertiary/aromatic N) is 2. The Kier molecular flexibility index (Phi) is 3.25. The van der Waals surface area contributed by atoms with Crippen molar-refractivity contribution in [1.29, 1.82) is 0 Å². The number of rotatable bonds is 3. The number of ether oxygens (including phenoxy) is 1. The Bertz CT molecular complexity index is 573. The van der Waals surface area contributed by atoms with E-state index in [1.807, 2.05) is 24.3 Å². The number of methoxy groups -OCH3 is 1. The van der Waals surface area contributed by atoms with Crippen LogP contribution < -0.4 is 4.74 Å². The molecule has 1 aromatic heterocycles. The van der Waals surface area contributed by atoms with Crippen LogP contribution in [0.2, 0.25) is 0 Å². The zero-order valence-electron chi connectivity index (χ0n) is 11.1. The van der Waals surface area contributed by atoms with Gasteiger partial charge in [0.25, 0.3) is 0 Å². The average Bonchev–Trinajstić information content (AvgIpc) is 2.86. The maximum absolute atomic E-state index is 9.44. The quantitative estimate of drug-likeness (QED) is 0.919. The van der Waals surface area contributed by atoms with Crippen LogP contribution in [-0.2, 0) is 19.6 Å². The molecule has 0 saturated carbocycles. The van der Waals surface area contributed by atoms with E-state index in [1.165, 1.54) is 18.5 Å². The molecule has 0 bridgehead atoms. The van der Waals surface area contributed by atoms with Gasteiger partial charge in [0.2, 0.25) is 0 Å². The highest BCUT2D eigenvalue weighted by Crippen LogP contribution is 2.28. The average molecular weight is 258 g/mol. The standard InChI is InChI=1S/C15H18N2O2/c1-19-12-7-5-11(6-8-12)15-16-13(10-18)14-4-2-3-9-17(14)15/h5-8,18H,2-4,9-10H2,1H3. The minimum atomic E-state index is 0.0193. The van der Waals surface area contributed by atoms with E-state index >= 15 is 0 Å². The zero-order valence-corrected chi connectivity index (χ0v) is 11.1. The Morgan fingerprint density at radius 3 is 2.74 bits per heavy atom. The molecule has 0 spiro atoms. The van der Waals surface area contributed by atoms with Crippen molar-refractivity contribution in [3.8, 4) is 17.1 Å². The molecule has 0 aliphatic carbocycles. The van der Waals surface area contributed by atoms with Crippen molar-refractivity contribution in [2.75, 3.05) is 7.11 Å². The first-order valence-electron chi connectivity index (χ1n) is 6.67. The first-order chi connectivity index (χ1) is 9.33. The van der Waals surface area contributed by atoms with Gasteiger partial charge in [-0.15, -0.1) is 0 Å². The van der Waals surface area contributed by atoms with Crippen LogP contribution >= 0.6 is 0 Å². The lowest BCUT2D eigenvalue weighted by Crippen LogP contribution is -2.12. The van der Waals surface area contributed by atoms with E-state index in [9.17, 15) is 5.11 Å². The van der Waals surface area contributed by atoms with Gasteiger partial charge in [0.15, 0.2) is 0 Å². The Balaban J connectivity index is 2.06. The van der Waals surface area contributed by atoms with Crippen LogP contribution in [0.1, 0.15) is 24.2 Å². The first kappa shape index (κ1) is 12.2. The molecule has 1 N–H and O–H groups in total. The van der Waals surface area contributed by atoms with Gasteiger partial charge >= 0.3 is 0 Å². The first-order valence-corrected chi connectivity index (χ1v) is 6.67. The second-order valence-corrected chi connectivity index (χ2v) is 4.82. The molecule has 1 aliphatic heterocycles. The number of imidazole rings is 1. The highest BCUT2D eigenvalue weighted by Gasteiger charge is 2.20. The summed E-state index contributed by atoms with van der Waals surface area (Å²) in [6, 6.07) is 7.92. The number of aromatic nitrogens is 2. The smallest absolute Gasteiger partial charge is 0.140 e. The molecule has 3 rings (SSSR count). The second kappa shape index (κ2) is 5.05. The lowest BCUT2D eigenvalue weighted by atomic mass is 10.1. The Morgan fingerprint density at radius 1 is 1.26 bits per heavy atom. The number of benzene rings is 1. The summed E-state index contributed by atoms with van der Waals surface area (Å²) >= 11 is 0. The fourth-order valence-corrected chi connectivity index (χ4v) is 2.71. The molecule has 0 fully saturated rings. The largest absolute Gasteiger partial charge is 0.497 e. The van der Waals surface area contributed by atoms with Gasteiger partial charge < -0.3 is 14.4 Å². The van der Waals surface area contributed by atoms with Gasteiger partial charge in [-0.25, -0.2) is 4.98 Å². The van der Waals surface area contributed by atoms with Crippen molar-refractivity contribution in [3.63, 3.8) is 0 Å². The van der Waals surface area contributed by atoms with Gasteiger partial charge in [-0.1, -0.05) is 0 Å². The molecule has 4 heteroatoms. The van der Waals surface area contributed by atoms with E-state index in [2.05, 4.69) is 9.55 Å². The lowest BCUT2D eigenvalue weighted by molar-refractivity contribution is 0.275. The molecule has 1 aliphatic rings. The third kappa shape index (κ3) is 2.12. The predicted octanol–water partition coefficient (Wildman–Crippen LogP) is 2.39. The Morgan fingerprint density at radius 2 is 2.05 bits per heavy atom. The monoisotopic (exact) mass is 258 g/mol. The maximum Gasteiger partial charge on any atom is 0.140 e. The van der Waals surface area contributed by atoms with E-state index < -0.39 is 0 Å².